The van der Waals surface area contributed by atoms with E-state index >= 15 is 0 Å². The van der Waals surface area contributed by atoms with Crippen molar-refractivity contribution in [1.29, 1.82) is 0 Å². The van der Waals surface area contributed by atoms with E-state index < -0.39 is 0 Å². The molecule has 120 valence electrons. The van der Waals surface area contributed by atoms with Crippen LogP contribution in [0.2, 0.25) is 0 Å². The molecule has 3 N–H and O–H groups in total. The van der Waals surface area contributed by atoms with Crippen LogP contribution in [0.1, 0.15) is 42.3 Å². The lowest BCUT2D eigenvalue weighted by atomic mass is 10.0. The molecule has 23 heavy (non-hydrogen) atoms. The van der Waals surface area contributed by atoms with E-state index in [0.29, 0.717) is 17.2 Å². The van der Waals surface area contributed by atoms with Crippen LogP contribution in [0, 0.1) is 5.92 Å². The maximum Gasteiger partial charge on any atom is 0.271 e. The quantitative estimate of drug-likeness (QED) is 0.503. The largest absolute Gasteiger partial charge is 0.399 e. The minimum absolute atomic E-state index is 0.249. The van der Waals surface area contributed by atoms with Gasteiger partial charge in [0.2, 0.25) is 0 Å². The van der Waals surface area contributed by atoms with Crippen LogP contribution in [0.15, 0.2) is 53.6 Å². The molecule has 2 rings (SSSR count). The third-order valence-corrected chi connectivity index (χ3v) is 3.51. The number of carbonyl (C=O) groups is 1. The third-order valence-electron chi connectivity index (χ3n) is 3.51. The van der Waals surface area contributed by atoms with Gasteiger partial charge in [-0.15, -0.1) is 0 Å². The zero-order valence-electron chi connectivity index (χ0n) is 13.8. The zero-order valence-corrected chi connectivity index (χ0v) is 13.8. The number of rotatable bonds is 5. The Hall–Kier alpha value is -2.62. The molecule has 1 amide bonds. The van der Waals surface area contributed by atoms with Crippen LogP contribution < -0.4 is 11.2 Å². The Kier molecular flexibility index (Phi) is 5.52. The molecule has 0 aliphatic heterocycles. The number of nitrogen functional groups attached to an aromatic ring is 1. The van der Waals surface area contributed by atoms with Crippen molar-refractivity contribution >= 4 is 17.3 Å². The van der Waals surface area contributed by atoms with Crippen LogP contribution in [0.4, 0.5) is 5.69 Å². The summed E-state index contributed by atoms with van der Waals surface area (Å²) in [5, 5.41) is 4.17. The normalized spacial score (nSPS) is 11.6. The summed E-state index contributed by atoms with van der Waals surface area (Å²) in [5.41, 5.74) is 12.4. The average molecular weight is 309 g/mol. The first-order valence-electron chi connectivity index (χ1n) is 7.75. The van der Waals surface area contributed by atoms with Crippen molar-refractivity contribution < 1.29 is 4.79 Å². The summed E-state index contributed by atoms with van der Waals surface area (Å²) in [6.07, 6.45) is 1.06. The highest BCUT2D eigenvalue weighted by molar-refractivity contribution is 6.00. The lowest BCUT2D eigenvalue weighted by Crippen LogP contribution is -2.19. The number of nitrogens with two attached hydrogens (primary N) is 1. The Morgan fingerprint density at radius 3 is 2.17 bits per heavy atom. The lowest BCUT2D eigenvalue weighted by Gasteiger charge is -2.07. The Bertz CT molecular complexity index is 686. The summed E-state index contributed by atoms with van der Waals surface area (Å²) >= 11 is 0. The predicted molar refractivity (Wildman–Crippen MR) is 95.5 cm³/mol. The summed E-state index contributed by atoms with van der Waals surface area (Å²) < 4.78 is 0. The van der Waals surface area contributed by atoms with Crippen molar-refractivity contribution in [1.82, 2.24) is 5.43 Å². The Morgan fingerprint density at radius 2 is 1.61 bits per heavy atom. The Morgan fingerprint density at radius 1 is 1.04 bits per heavy atom. The molecule has 0 fully saturated rings. The first-order chi connectivity index (χ1) is 11.0. The molecule has 0 spiro atoms. The first-order valence-corrected chi connectivity index (χ1v) is 7.75. The zero-order chi connectivity index (χ0) is 16.8. The molecular weight excluding hydrogens is 286 g/mol. The molecule has 0 saturated heterocycles. The molecule has 0 saturated carbocycles. The van der Waals surface area contributed by atoms with E-state index in [0.717, 1.165) is 17.7 Å². The van der Waals surface area contributed by atoms with E-state index in [2.05, 4.69) is 36.5 Å². The molecule has 0 aromatic heterocycles. The van der Waals surface area contributed by atoms with Gasteiger partial charge in [0.05, 0.1) is 5.71 Å². The molecule has 4 nitrogen and oxygen atoms in total. The van der Waals surface area contributed by atoms with Crippen molar-refractivity contribution in [2.45, 2.75) is 27.2 Å². The second kappa shape index (κ2) is 7.58. The van der Waals surface area contributed by atoms with Crippen molar-refractivity contribution in [3.05, 3.63) is 65.2 Å². The second-order valence-electron chi connectivity index (χ2n) is 6.06. The minimum Gasteiger partial charge on any atom is -0.399 e. The average Bonchev–Trinajstić information content (AvgIpc) is 2.53. The summed E-state index contributed by atoms with van der Waals surface area (Å²) in [6, 6.07) is 15.0. The highest BCUT2D eigenvalue weighted by Crippen LogP contribution is 2.10. The number of hydrogen-bond donors (Lipinski definition) is 2. The van der Waals surface area contributed by atoms with Gasteiger partial charge >= 0.3 is 0 Å². The monoisotopic (exact) mass is 309 g/mol. The van der Waals surface area contributed by atoms with Gasteiger partial charge in [-0.05, 0) is 54.7 Å². The Balaban J connectivity index is 2.01. The highest BCUT2D eigenvalue weighted by atomic mass is 16.2. The maximum atomic E-state index is 12.0. The number of hydrogen-bond acceptors (Lipinski definition) is 3. The van der Waals surface area contributed by atoms with Crippen LogP contribution in [0.3, 0.4) is 0 Å². The topological polar surface area (TPSA) is 67.5 Å². The van der Waals surface area contributed by atoms with Gasteiger partial charge in [-0.3, -0.25) is 4.79 Å². The molecule has 0 bridgehead atoms. The van der Waals surface area contributed by atoms with Gasteiger partial charge in [-0.1, -0.05) is 38.1 Å². The van der Waals surface area contributed by atoms with Gasteiger partial charge in [0.25, 0.3) is 5.91 Å². The fraction of sp³-hybridized carbons (Fsp3) is 0.263. The van der Waals surface area contributed by atoms with E-state index in [9.17, 15) is 4.79 Å². The second-order valence-corrected chi connectivity index (χ2v) is 6.06. The lowest BCUT2D eigenvalue weighted by molar-refractivity contribution is 0.0955. The summed E-state index contributed by atoms with van der Waals surface area (Å²) in [6.45, 7) is 6.28. The van der Waals surface area contributed by atoms with Gasteiger partial charge in [-0.25, -0.2) is 5.43 Å². The van der Waals surface area contributed by atoms with E-state index in [4.69, 9.17) is 5.73 Å². The van der Waals surface area contributed by atoms with Crippen LogP contribution in [0.5, 0.6) is 0 Å². The third kappa shape index (κ3) is 4.95. The summed E-state index contributed by atoms with van der Waals surface area (Å²) in [5.74, 6) is 0.385. The molecule has 0 radical (unpaired) electrons. The number of amides is 1. The molecule has 2 aromatic carbocycles. The SMILES string of the molecule is C/C(=N/NC(=O)c1ccc(N)cc1)c1ccc(CC(C)C)cc1. The fourth-order valence-electron chi connectivity index (χ4n) is 2.25. The molecule has 0 atom stereocenters. The minimum atomic E-state index is -0.249. The summed E-state index contributed by atoms with van der Waals surface area (Å²) in [7, 11) is 0. The standard InChI is InChI=1S/C19H23N3O/c1-13(2)12-15-4-6-16(7-5-15)14(3)21-22-19(23)17-8-10-18(20)11-9-17/h4-11,13H,12,20H2,1-3H3,(H,22,23)/b21-14-. The van der Waals surface area contributed by atoms with Crippen molar-refractivity contribution in [2.75, 3.05) is 5.73 Å². The molecule has 0 heterocycles. The van der Waals surface area contributed by atoms with Crippen LogP contribution in [0.25, 0.3) is 0 Å². The van der Waals surface area contributed by atoms with Gasteiger partial charge in [-0.2, -0.15) is 5.10 Å². The van der Waals surface area contributed by atoms with E-state index in [1.165, 1.54) is 5.56 Å². The number of benzene rings is 2. The van der Waals surface area contributed by atoms with Crippen LogP contribution in [-0.2, 0) is 6.42 Å². The number of nitrogens with one attached hydrogen (secondary N) is 1. The van der Waals surface area contributed by atoms with Crippen molar-refractivity contribution in [3.8, 4) is 0 Å². The van der Waals surface area contributed by atoms with Crippen LogP contribution in [-0.4, -0.2) is 11.6 Å². The predicted octanol–water partition coefficient (Wildman–Crippen LogP) is 3.62. The van der Waals surface area contributed by atoms with E-state index in [1.54, 1.807) is 24.3 Å². The Labute approximate surface area is 137 Å². The number of carbonyl (C=O) groups excluding carboxylic acids is 1. The molecule has 2 aromatic rings. The number of anilines is 1. The number of nitrogens with zero attached hydrogens (tertiary/aromatic N) is 1. The van der Waals surface area contributed by atoms with Crippen LogP contribution >= 0.6 is 0 Å². The van der Waals surface area contributed by atoms with Gasteiger partial charge < -0.3 is 5.73 Å². The molecule has 0 aliphatic rings. The number of hydrazone groups is 1. The van der Waals surface area contributed by atoms with E-state index in [1.807, 2.05) is 19.1 Å². The van der Waals surface area contributed by atoms with Crippen molar-refractivity contribution in [3.63, 3.8) is 0 Å². The highest BCUT2D eigenvalue weighted by Gasteiger charge is 2.05. The molecule has 4 heteroatoms. The molecular formula is C19H23N3O. The first kappa shape index (κ1) is 16.7. The van der Waals surface area contributed by atoms with Gasteiger partial charge in [0.1, 0.15) is 0 Å². The van der Waals surface area contributed by atoms with Gasteiger partial charge in [0.15, 0.2) is 0 Å². The maximum absolute atomic E-state index is 12.0. The summed E-state index contributed by atoms with van der Waals surface area (Å²) in [4.78, 5) is 12.0. The molecule has 0 aliphatic carbocycles. The molecule has 0 unspecified atom stereocenters. The fourth-order valence-corrected chi connectivity index (χ4v) is 2.25. The van der Waals surface area contributed by atoms with Gasteiger partial charge in [0, 0.05) is 11.3 Å². The van der Waals surface area contributed by atoms with Crippen molar-refractivity contribution in [2.24, 2.45) is 11.0 Å². The van der Waals surface area contributed by atoms with E-state index in [-0.39, 0.29) is 5.91 Å². The smallest absolute Gasteiger partial charge is 0.271 e.